The molecule has 27 heavy (non-hydrogen) atoms. The molecule has 0 saturated carbocycles. The van der Waals surface area contributed by atoms with Crippen molar-refractivity contribution in [2.75, 3.05) is 19.0 Å². The van der Waals surface area contributed by atoms with Gasteiger partial charge in [-0.2, -0.15) is 9.78 Å². The van der Waals surface area contributed by atoms with Crippen molar-refractivity contribution in [1.29, 1.82) is 0 Å². The Labute approximate surface area is 155 Å². The van der Waals surface area contributed by atoms with Gasteiger partial charge in [0.1, 0.15) is 35.3 Å². The van der Waals surface area contributed by atoms with Crippen LogP contribution in [0, 0.1) is 0 Å². The Morgan fingerprint density at radius 2 is 2.11 bits per heavy atom. The average molecular weight is 379 g/mol. The Hall–Kier alpha value is -2.59. The lowest BCUT2D eigenvalue weighted by Gasteiger charge is -2.19. The van der Waals surface area contributed by atoms with Gasteiger partial charge in [-0.15, -0.1) is 0 Å². The lowest BCUT2D eigenvalue weighted by molar-refractivity contribution is -0.120. The van der Waals surface area contributed by atoms with E-state index in [9.17, 15) is 14.0 Å². The average Bonchev–Trinajstić information content (AvgIpc) is 3.16. The number of amides is 1. The summed E-state index contributed by atoms with van der Waals surface area (Å²) in [6, 6.07) is 2.32. The molecule has 1 amide bonds. The van der Waals surface area contributed by atoms with Gasteiger partial charge in [-0.1, -0.05) is 0 Å². The Morgan fingerprint density at radius 3 is 2.78 bits per heavy atom. The number of fused-ring (bicyclic) bond motifs is 1. The number of halogens is 1. The van der Waals surface area contributed by atoms with Crippen LogP contribution in [0.3, 0.4) is 0 Å². The van der Waals surface area contributed by atoms with E-state index < -0.39 is 35.9 Å². The van der Waals surface area contributed by atoms with E-state index in [2.05, 4.69) is 20.7 Å². The highest BCUT2D eigenvalue weighted by atomic mass is 19.1. The van der Waals surface area contributed by atoms with Gasteiger partial charge in [-0.25, -0.2) is 14.2 Å². The van der Waals surface area contributed by atoms with Gasteiger partial charge in [0.25, 0.3) is 0 Å². The molecule has 146 valence electrons. The van der Waals surface area contributed by atoms with Crippen LogP contribution in [-0.2, 0) is 14.3 Å². The topological polar surface area (TPSA) is 107 Å². The first-order valence-electron chi connectivity index (χ1n) is 8.49. The zero-order valence-electron chi connectivity index (χ0n) is 15.5. The van der Waals surface area contributed by atoms with Crippen LogP contribution in [-0.4, -0.2) is 64.3 Å². The van der Waals surface area contributed by atoms with E-state index in [-0.39, 0.29) is 12.4 Å². The summed E-state index contributed by atoms with van der Waals surface area (Å²) >= 11 is 0. The van der Waals surface area contributed by atoms with Gasteiger partial charge in [-0.3, -0.25) is 4.79 Å². The molecule has 1 saturated heterocycles. The Kier molecular flexibility index (Phi) is 5.11. The SMILES string of the molecule is CO[C@@H]1[C@@H](F)CN[C@H]1C(=O)Nc1ccc2c(cnn2C(=O)OC(C)(C)C)n1. The molecule has 0 radical (unpaired) electrons. The predicted octanol–water partition coefficient (Wildman–Crippen LogP) is 1.48. The first kappa shape index (κ1) is 19.2. The highest BCUT2D eigenvalue weighted by Gasteiger charge is 2.40. The van der Waals surface area contributed by atoms with Crippen molar-refractivity contribution in [3.63, 3.8) is 0 Å². The number of ether oxygens (including phenoxy) is 2. The molecule has 3 atom stereocenters. The summed E-state index contributed by atoms with van der Waals surface area (Å²) < 4.78 is 25.2. The second-order valence-electron chi connectivity index (χ2n) is 7.23. The Balaban J connectivity index is 1.76. The molecule has 0 unspecified atom stereocenters. The number of pyridine rings is 1. The highest BCUT2D eigenvalue weighted by Crippen LogP contribution is 2.19. The summed E-state index contributed by atoms with van der Waals surface area (Å²) in [4.78, 5) is 28.8. The number of methoxy groups -OCH3 is 1. The van der Waals surface area contributed by atoms with Crippen LogP contribution in [0.2, 0.25) is 0 Å². The summed E-state index contributed by atoms with van der Waals surface area (Å²) in [5.41, 5.74) is 0.196. The van der Waals surface area contributed by atoms with Crippen molar-refractivity contribution >= 4 is 28.9 Å². The lowest BCUT2D eigenvalue weighted by atomic mass is 10.1. The predicted molar refractivity (Wildman–Crippen MR) is 95.3 cm³/mol. The van der Waals surface area contributed by atoms with Crippen molar-refractivity contribution in [3.8, 4) is 0 Å². The van der Waals surface area contributed by atoms with E-state index in [1.165, 1.54) is 19.4 Å². The van der Waals surface area contributed by atoms with Gasteiger partial charge in [0.2, 0.25) is 5.91 Å². The third-order valence-electron chi connectivity index (χ3n) is 4.02. The molecule has 3 heterocycles. The number of anilines is 1. The summed E-state index contributed by atoms with van der Waals surface area (Å²) in [5.74, 6) is -0.191. The maximum absolute atomic E-state index is 13.7. The number of hydrogen-bond donors (Lipinski definition) is 2. The first-order chi connectivity index (χ1) is 12.7. The first-order valence-corrected chi connectivity index (χ1v) is 8.49. The third-order valence-corrected chi connectivity index (χ3v) is 4.02. The molecule has 9 nitrogen and oxygen atoms in total. The smallest absolute Gasteiger partial charge is 0.435 e. The molecule has 2 aromatic heterocycles. The van der Waals surface area contributed by atoms with E-state index in [0.29, 0.717) is 11.0 Å². The summed E-state index contributed by atoms with van der Waals surface area (Å²) in [6.07, 6.45) is -1.33. The zero-order chi connectivity index (χ0) is 19.8. The number of aromatic nitrogens is 3. The number of nitrogens with one attached hydrogen (secondary N) is 2. The van der Waals surface area contributed by atoms with Crippen LogP contribution < -0.4 is 10.6 Å². The molecule has 0 spiro atoms. The molecular weight excluding hydrogens is 357 g/mol. The minimum atomic E-state index is -1.26. The van der Waals surface area contributed by atoms with Gasteiger partial charge in [0.05, 0.1) is 11.7 Å². The summed E-state index contributed by atoms with van der Waals surface area (Å²) in [6.45, 7) is 5.32. The van der Waals surface area contributed by atoms with E-state index in [1.807, 2.05) is 0 Å². The van der Waals surface area contributed by atoms with Gasteiger partial charge in [0, 0.05) is 13.7 Å². The van der Waals surface area contributed by atoms with Gasteiger partial charge in [0.15, 0.2) is 0 Å². The number of rotatable bonds is 3. The second-order valence-corrected chi connectivity index (χ2v) is 7.23. The van der Waals surface area contributed by atoms with Crippen LogP contribution in [0.25, 0.3) is 11.0 Å². The molecule has 2 N–H and O–H groups in total. The van der Waals surface area contributed by atoms with E-state index in [4.69, 9.17) is 9.47 Å². The molecule has 2 aromatic rings. The molecule has 0 aromatic carbocycles. The van der Waals surface area contributed by atoms with Crippen LogP contribution in [0.4, 0.5) is 15.0 Å². The Bertz CT molecular complexity index is 863. The molecule has 0 bridgehead atoms. The van der Waals surface area contributed by atoms with E-state index >= 15 is 0 Å². The van der Waals surface area contributed by atoms with E-state index in [0.717, 1.165) is 4.68 Å². The fraction of sp³-hybridized carbons (Fsp3) is 0.529. The zero-order valence-corrected chi connectivity index (χ0v) is 15.5. The van der Waals surface area contributed by atoms with Gasteiger partial charge in [-0.05, 0) is 32.9 Å². The van der Waals surface area contributed by atoms with E-state index in [1.54, 1.807) is 26.8 Å². The molecule has 1 fully saturated rings. The van der Waals surface area contributed by atoms with Crippen LogP contribution in [0.15, 0.2) is 18.3 Å². The van der Waals surface area contributed by atoms with Crippen molar-refractivity contribution in [2.45, 2.75) is 44.7 Å². The fourth-order valence-electron chi connectivity index (χ4n) is 2.85. The minimum absolute atomic E-state index is 0.0473. The minimum Gasteiger partial charge on any atom is -0.442 e. The number of alkyl halides is 1. The van der Waals surface area contributed by atoms with Crippen molar-refractivity contribution in [3.05, 3.63) is 18.3 Å². The van der Waals surface area contributed by atoms with Crippen molar-refractivity contribution < 1.29 is 23.5 Å². The highest BCUT2D eigenvalue weighted by molar-refractivity contribution is 5.96. The largest absolute Gasteiger partial charge is 0.442 e. The van der Waals surface area contributed by atoms with Crippen molar-refractivity contribution in [1.82, 2.24) is 20.1 Å². The number of nitrogens with zero attached hydrogens (tertiary/aromatic N) is 3. The third kappa shape index (κ3) is 4.06. The maximum Gasteiger partial charge on any atom is 0.435 e. The molecule has 10 heteroatoms. The number of hydrogen-bond acceptors (Lipinski definition) is 7. The fourth-order valence-corrected chi connectivity index (χ4v) is 2.85. The standard InChI is InChI=1S/C17H22FN5O4/c1-17(2,3)27-16(25)23-11-5-6-12(21-10(11)8-20-23)22-15(24)13-14(26-4)9(18)7-19-13/h5-6,8-9,13-14,19H,7H2,1-4H3,(H,21,22,24)/t9-,13+,14+/m0/s1. The van der Waals surface area contributed by atoms with Crippen LogP contribution >= 0.6 is 0 Å². The maximum atomic E-state index is 13.7. The molecule has 1 aliphatic heterocycles. The number of carbonyl (C=O) groups is 2. The van der Waals surface area contributed by atoms with Crippen LogP contribution in [0.5, 0.6) is 0 Å². The van der Waals surface area contributed by atoms with Crippen LogP contribution in [0.1, 0.15) is 20.8 Å². The monoisotopic (exact) mass is 379 g/mol. The summed E-state index contributed by atoms with van der Waals surface area (Å²) in [7, 11) is 1.36. The lowest BCUT2D eigenvalue weighted by Crippen LogP contribution is -2.44. The summed E-state index contributed by atoms with van der Waals surface area (Å²) in [5, 5.41) is 9.41. The van der Waals surface area contributed by atoms with Gasteiger partial charge < -0.3 is 20.1 Å². The molecule has 0 aliphatic carbocycles. The molecule has 3 rings (SSSR count). The normalized spacial score (nSPS) is 22.8. The molecule has 1 aliphatic rings. The van der Waals surface area contributed by atoms with Crippen molar-refractivity contribution in [2.24, 2.45) is 0 Å². The second kappa shape index (κ2) is 7.20. The Morgan fingerprint density at radius 1 is 1.37 bits per heavy atom. The molecular formula is C17H22FN5O4. The van der Waals surface area contributed by atoms with Gasteiger partial charge >= 0.3 is 6.09 Å². The number of carbonyl (C=O) groups excluding carboxylic acids is 2. The quantitative estimate of drug-likeness (QED) is 0.832.